The Morgan fingerprint density at radius 1 is 1.18 bits per heavy atom. The number of carbonyl (C=O) groups excluding carboxylic acids is 1. The van der Waals surface area contributed by atoms with Gasteiger partial charge < -0.3 is 13.9 Å². The van der Waals surface area contributed by atoms with Crippen molar-refractivity contribution in [3.05, 3.63) is 99.3 Å². The Kier molecular flexibility index (Phi) is 7.42. The molecule has 0 aliphatic rings. The van der Waals surface area contributed by atoms with Crippen molar-refractivity contribution in [1.29, 1.82) is 0 Å². The van der Waals surface area contributed by atoms with Gasteiger partial charge in [-0.2, -0.15) is 9.78 Å². The zero-order chi connectivity index (χ0) is 27.5. The number of ether oxygens (including phenoxy) is 2. The van der Waals surface area contributed by atoms with Crippen LogP contribution in [0, 0.1) is 0 Å². The number of fused-ring (bicyclic) bond motifs is 2. The van der Waals surface area contributed by atoms with E-state index in [2.05, 4.69) is 27.6 Å². The van der Waals surface area contributed by atoms with Crippen LogP contribution >= 0.6 is 15.9 Å². The molecule has 5 rings (SSSR count). The summed E-state index contributed by atoms with van der Waals surface area (Å²) >= 11 is 3.48. The van der Waals surface area contributed by atoms with E-state index in [0.29, 0.717) is 57.9 Å². The fraction of sp³-hybridized carbons (Fsp3) is 0.133. The monoisotopic (exact) mass is 585 g/mol. The van der Waals surface area contributed by atoms with E-state index in [-0.39, 0.29) is 11.4 Å². The second-order valence-corrected chi connectivity index (χ2v) is 9.55. The predicted octanol–water partition coefficient (Wildman–Crippen LogP) is 6.51. The first kappa shape index (κ1) is 26.1. The Morgan fingerprint density at radius 3 is 2.77 bits per heavy atom. The molecule has 0 aliphatic heterocycles. The Bertz CT molecular complexity index is 1820. The first-order valence-electron chi connectivity index (χ1n) is 12.2. The Balaban J connectivity index is 1.68. The minimum absolute atomic E-state index is 0.259. The van der Waals surface area contributed by atoms with Crippen LogP contribution in [0.5, 0.6) is 11.5 Å². The number of nitrogens with zero attached hydrogens (tertiary/aromatic N) is 3. The zero-order valence-electron chi connectivity index (χ0n) is 21.3. The molecule has 0 saturated heterocycles. The highest BCUT2D eigenvalue weighted by Crippen LogP contribution is 2.34. The molecule has 0 fully saturated rings. The highest BCUT2D eigenvalue weighted by atomic mass is 79.9. The molecule has 0 unspecified atom stereocenters. The van der Waals surface area contributed by atoms with Gasteiger partial charge in [0.25, 0.3) is 5.56 Å². The molecule has 0 amide bonds. The SMILES string of the molecule is C=CCc1cc(C=Nn2c(-c3cc4cc(Br)ccc4o3)nc3ccccc3c2=O)cc(OCC)c1OC(C)=O. The van der Waals surface area contributed by atoms with Gasteiger partial charge in [0.15, 0.2) is 17.3 Å². The Labute approximate surface area is 232 Å². The predicted molar refractivity (Wildman–Crippen MR) is 155 cm³/mol. The van der Waals surface area contributed by atoms with Crippen LogP contribution in [0.2, 0.25) is 0 Å². The lowest BCUT2D eigenvalue weighted by Crippen LogP contribution is -2.20. The van der Waals surface area contributed by atoms with Crippen molar-refractivity contribution < 1.29 is 18.7 Å². The topological polar surface area (TPSA) is 95.9 Å². The standard InChI is InChI=1S/C30H24BrN3O5/c1-4-8-20-13-19(14-26(37-5-2)28(20)38-18(3)35)17-32-34-29(33-24-10-7-6-9-23(24)30(34)36)27-16-21-15-22(31)11-12-25(21)39-27/h4,6-7,9-17H,1,5,8H2,2-3H3. The van der Waals surface area contributed by atoms with Gasteiger partial charge >= 0.3 is 5.97 Å². The number of hydrogen-bond donors (Lipinski definition) is 0. The van der Waals surface area contributed by atoms with Crippen LogP contribution in [0.4, 0.5) is 0 Å². The first-order chi connectivity index (χ1) is 18.9. The first-order valence-corrected chi connectivity index (χ1v) is 13.0. The number of aromatic nitrogens is 2. The number of benzene rings is 3. The van der Waals surface area contributed by atoms with E-state index >= 15 is 0 Å². The second-order valence-electron chi connectivity index (χ2n) is 8.63. The molecular weight excluding hydrogens is 562 g/mol. The number of para-hydroxylation sites is 1. The molecule has 0 bridgehead atoms. The van der Waals surface area contributed by atoms with Gasteiger partial charge in [0.1, 0.15) is 5.58 Å². The molecule has 3 aromatic carbocycles. The maximum Gasteiger partial charge on any atom is 0.308 e. The summed E-state index contributed by atoms with van der Waals surface area (Å²) in [5.41, 5.74) is 2.16. The minimum atomic E-state index is -0.459. The van der Waals surface area contributed by atoms with Crippen LogP contribution in [0.25, 0.3) is 33.5 Å². The van der Waals surface area contributed by atoms with E-state index in [1.54, 1.807) is 30.3 Å². The summed E-state index contributed by atoms with van der Waals surface area (Å²) < 4.78 is 19.4. The average Bonchev–Trinajstić information content (AvgIpc) is 3.33. The molecule has 8 nitrogen and oxygen atoms in total. The number of allylic oxidation sites excluding steroid dienone is 1. The van der Waals surface area contributed by atoms with Crippen LogP contribution < -0.4 is 15.0 Å². The number of carbonyl (C=O) groups is 1. The summed E-state index contributed by atoms with van der Waals surface area (Å²) in [6.45, 7) is 7.34. The fourth-order valence-corrected chi connectivity index (χ4v) is 4.61. The van der Waals surface area contributed by atoms with Crippen LogP contribution in [-0.4, -0.2) is 28.5 Å². The number of esters is 1. The highest BCUT2D eigenvalue weighted by molar-refractivity contribution is 9.10. The largest absolute Gasteiger partial charge is 0.490 e. The second kappa shape index (κ2) is 11.1. The van der Waals surface area contributed by atoms with Gasteiger partial charge in [-0.3, -0.25) is 9.59 Å². The lowest BCUT2D eigenvalue weighted by atomic mass is 10.1. The molecule has 196 valence electrons. The van der Waals surface area contributed by atoms with E-state index in [1.165, 1.54) is 17.8 Å². The highest BCUT2D eigenvalue weighted by Gasteiger charge is 2.18. The number of furan rings is 1. The van der Waals surface area contributed by atoms with Crippen molar-refractivity contribution in [2.24, 2.45) is 5.10 Å². The van der Waals surface area contributed by atoms with E-state index in [1.807, 2.05) is 43.3 Å². The van der Waals surface area contributed by atoms with Gasteiger partial charge in [0.2, 0.25) is 5.82 Å². The quantitative estimate of drug-likeness (QED) is 0.0891. The van der Waals surface area contributed by atoms with Gasteiger partial charge in [-0.25, -0.2) is 4.98 Å². The molecule has 39 heavy (non-hydrogen) atoms. The molecule has 0 N–H and O–H groups in total. The van der Waals surface area contributed by atoms with Crippen LogP contribution in [-0.2, 0) is 11.2 Å². The third-order valence-electron chi connectivity index (χ3n) is 5.84. The van der Waals surface area contributed by atoms with Crippen molar-refractivity contribution in [1.82, 2.24) is 9.66 Å². The maximum absolute atomic E-state index is 13.6. The number of hydrogen-bond acceptors (Lipinski definition) is 7. The summed E-state index contributed by atoms with van der Waals surface area (Å²) in [6.07, 6.45) is 3.67. The van der Waals surface area contributed by atoms with E-state index in [9.17, 15) is 9.59 Å². The van der Waals surface area contributed by atoms with Crippen molar-refractivity contribution in [2.45, 2.75) is 20.3 Å². The third-order valence-corrected chi connectivity index (χ3v) is 6.33. The molecule has 0 spiro atoms. The van der Waals surface area contributed by atoms with Crippen molar-refractivity contribution in [3.8, 4) is 23.1 Å². The molecule has 9 heteroatoms. The van der Waals surface area contributed by atoms with Crippen molar-refractivity contribution in [2.75, 3.05) is 6.61 Å². The summed E-state index contributed by atoms with van der Waals surface area (Å²) in [5.74, 6) is 0.922. The summed E-state index contributed by atoms with van der Waals surface area (Å²) in [6, 6.07) is 18.1. The van der Waals surface area contributed by atoms with Gasteiger partial charge in [-0.05, 0) is 67.4 Å². The van der Waals surface area contributed by atoms with Crippen LogP contribution in [0.15, 0.2) is 92.1 Å². The summed E-state index contributed by atoms with van der Waals surface area (Å²) in [5, 5.41) is 5.82. The molecule has 0 atom stereocenters. The lowest BCUT2D eigenvalue weighted by molar-refractivity contribution is -0.132. The van der Waals surface area contributed by atoms with Gasteiger partial charge in [-0.1, -0.05) is 34.1 Å². The average molecular weight is 586 g/mol. The maximum atomic E-state index is 13.6. The molecule has 5 aromatic rings. The lowest BCUT2D eigenvalue weighted by Gasteiger charge is -2.14. The summed E-state index contributed by atoms with van der Waals surface area (Å²) in [4.78, 5) is 30.1. The van der Waals surface area contributed by atoms with E-state index in [0.717, 1.165) is 9.86 Å². The van der Waals surface area contributed by atoms with Gasteiger partial charge in [-0.15, -0.1) is 6.58 Å². The van der Waals surface area contributed by atoms with Gasteiger partial charge in [0, 0.05) is 22.3 Å². The third kappa shape index (κ3) is 5.39. The number of rotatable bonds is 8. The molecule has 0 radical (unpaired) electrons. The molecule has 2 heterocycles. The van der Waals surface area contributed by atoms with Crippen LogP contribution in [0.3, 0.4) is 0 Å². The molecule has 2 aromatic heterocycles. The normalized spacial score (nSPS) is 11.4. The number of halogens is 1. The van der Waals surface area contributed by atoms with E-state index in [4.69, 9.17) is 18.9 Å². The van der Waals surface area contributed by atoms with Crippen LogP contribution in [0.1, 0.15) is 25.0 Å². The molecule has 0 saturated carbocycles. The summed E-state index contributed by atoms with van der Waals surface area (Å²) in [7, 11) is 0. The Hall–Kier alpha value is -4.50. The van der Waals surface area contributed by atoms with Crippen molar-refractivity contribution in [3.63, 3.8) is 0 Å². The minimum Gasteiger partial charge on any atom is -0.490 e. The Morgan fingerprint density at radius 2 is 2.00 bits per heavy atom. The smallest absolute Gasteiger partial charge is 0.308 e. The van der Waals surface area contributed by atoms with E-state index < -0.39 is 5.97 Å². The van der Waals surface area contributed by atoms with Gasteiger partial charge in [0.05, 0.1) is 23.7 Å². The zero-order valence-corrected chi connectivity index (χ0v) is 22.9. The molecular formula is C30H24BrN3O5. The molecule has 0 aliphatic carbocycles. The fourth-order valence-electron chi connectivity index (χ4n) is 4.23. The van der Waals surface area contributed by atoms with Crippen molar-refractivity contribution >= 4 is 50.0 Å².